The lowest BCUT2D eigenvalue weighted by molar-refractivity contribution is -0.172. The van der Waals surface area contributed by atoms with E-state index in [4.69, 9.17) is 9.47 Å². The van der Waals surface area contributed by atoms with Gasteiger partial charge in [0.1, 0.15) is 0 Å². The highest BCUT2D eigenvalue weighted by Crippen LogP contribution is 2.29. The first-order chi connectivity index (χ1) is 23.0. The molecule has 6 nitrogen and oxygen atoms in total. The summed E-state index contributed by atoms with van der Waals surface area (Å²) in [6, 6.07) is 0. The molecule has 0 fully saturated rings. The van der Waals surface area contributed by atoms with Crippen LogP contribution >= 0.6 is 0 Å². The van der Waals surface area contributed by atoms with Gasteiger partial charge in [-0.2, -0.15) is 0 Å². The van der Waals surface area contributed by atoms with Crippen LogP contribution < -0.4 is 0 Å². The van der Waals surface area contributed by atoms with E-state index in [0.717, 1.165) is 77.4 Å². The molecule has 1 atom stereocenters. The van der Waals surface area contributed by atoms with Gasteiger partial charge in [-0.25, -0.2) is 0 Å². The number of aliphatic hydroxyl groups excluding tert-OH is 1. The van der Waals surface area contributed by atoms with Crippen LogP contribution in [-0.4, -0.2) is 61.4 Å². The predicted molar refractivity (Wildman–Crippen MR) is 200 cm³/mol. The molecule has 1 unspecified atom stereocenters. The highest BCUT2D eigenvalue weighted by atomic mass is 16.6. The topological polar surface area (TPSA) is 76.1 Å². The van der Waals surface area contributed by atoms with E-state index in [9.17, 15) is 14.7 Å². The molecule has 0 aliphatic heterocycles. The highest BCUT2D eigenvalue weighted by molar-refractivity contribution is 5.99. The summed E-state index contributed by atoms with van der Waals surface area (Å²) < 4.78 is 11.4. The number of esters is 2. The number of ether oxygens (including phenoxy) is 2. The Balaban J connectivity index is 4.64. The maximum Gasteiger partial charge on any atom is 0.323 e. The number of rotatable bonds is 37. The van der Waals surface area contributed by atoms with Crippen molar-refractivity contribution in [2.45, 2.75) is 207 Å². The summed E-state index contributed by atoms with van der Waals surface area (Å²) >= 11 is 0. The van der Waals surface area contributed by atoms with Gasteiger partial charge in [-0.05, 0) is 58.5 Å². The second-order valence-electron chi connectivity index (χ2n) is 14.4. The molecule has 0 aromatic rings. The Kier molecular flexibility index (Phi) is 33.9. The van der Waals surface area contributed by atoms with Gasteiger partial charge >= 0.3 is 11.9 Å². The Morgan fingerprint density at radius 3 is 1.17 bits per heavy atom. The summed E-state index contributed by atoms with van der Waals surface area (Å²) in [7, 11) is 0. The normalized spacial score (nSPS) is 12.8. The summed E-state index contributed by atoms with van der Waals surface area (Å²) in [5, 5.41) is 9.37. The van der Waals surface area contributed by atoms with Gasteiger partial charge in [0.05, 0.1) is 13.2 Å². The van der Waals surface area contributed by atoms with E-state index in [1.54, 1.807) is 6.92 Å². The first-order valence-corrected chi connectivity index (χ1v) is 20.6. The molecule has 1 N–H and O–H groups in total. The summed E-state index contributed by atoms with van der Waals surface area (Å²) in [6.45, 7) is 12.6. The number of hydrogen-bond acceptors (Lipinski definition) is 6. The van der Waals surface area contributed by atoms with Crippen LogP contribution in [0.25, 0.3) is 0 Å². The Bertz CT molecular complexity index is 687. The number of carbonyl (C=O) groups is 2. The van der Waals surface area contributed by atoms with Crippen molar-refractivity contribution in [3.63, 3.8) is 0 Å². The van der Waals surface area contributed by atoms with Crippen LogP contribution in [0.5, 0.6) is 0 Å². The molecule has 280 valence electrons. The van der Waals surface area contributed by atoms with Crippen LogP contribution in [0, 0.1) is 5.41 Å². The predicted octanol–water partition coefficient (Wildman–Crippen LogP) is 11.4. The third-order valence-electron chi connectivity index (χ3n) is 9.72. The fourth-order valence-corrected chi connectivity index (χ4v) is 6.32. The van der Waals surface area contributed by atoms with Crippen LogP contribution in [0.15, 0.2) is 0 Å². The molecule has 0 rings (SSSR count). The molecule has 0 aliphatic carbocycles. The van der Waals surface area contributed by atoms with E-state index in [0.29, 0.717) is 19.6 Å². The summed E-state index contributed by atoms with van der Waals surface area (Å²) in [5.41, 5.74) is -1.23. The maximum absolute atomic E-state index is 13.3. The third kappa shape index (κ3) is 27.4. The van der Waals surface area contributed by atoms with Crippen LogP contribution in [0.2, 0.25) is 0 Å². The smallest absolute Gasteiger partial charge is 0.323 e. The molecule has 0 aliphatic rings. The molecule has 0 aromatic carbocycles. The standard InChI is InChI=1S/C41H81NO5/c1-5-8-11-14-17-19-22-27-33-42(35-31-36-43)34-28-23-21-26-32-41(4,39(44)46-37-29-24-16-13-10-7-3)40(45)47-38-30-25-20-18-15-12-9-6-2/h43H,5-38H2,1-4H3. The van der Waals surface area contributed by atoms with Crippen LogP contribution in [0.1, 0.15) is 207 Å². The van der Waals surface area contributed by atoms with Gasteiger partial charge in [0.15, 0.2) is 5.41 Å². The molecule has 0 spiro atoms. The largest absolute Gasteiger partial charge is 0.465 e. The lowest BCUT2D eigenvalue weighted by Gasteiger charge is -2.26. The van der Waals surface area contributed by atoms with Gasteiger partial charge in [-0.1, -0.05) is 162 Å². The van der Waals surface area contributed by atoms with Gasteiger partial charge in [-0.15, -0.1) is 0 Å². The number of nitrogens with zero attached hydrogens (tertiary/aromatic N) is 1. The number of unbranched alkanes of at least 4 members (excludes halogenated alkanes) is 22. The second kappa shape index (κ2) is 34.7. The minimum absolute atomic E-state index is 0.247. The van der Waals surface area contributed by atoms with Crippen molar-refractivity contribution in [3.8, 4) is 0 Å². The van der Waals surface area contributed by atoms with Gasteiger partial charge in [0.2, 0.25) is 0 Å². The molecule has 0 saturated carbocycles. The summed E-state index contributed by atoms with van der Waals surface area (Å²) in [4.78, 5) is 29.1. The molecule has 0 heterocycles. The van der Waals surface area contributed by atoms with Gasteiger partial charge in [0, 0.05) is 13.2 Å². The van der Waals surface area contributed by atoms with Crippen molar-refractivity contribution in [2.24, 2.45) is 5.41 Å². The number of carbonyl (C=O) groups excluding carboxylic acids is 2. The van der Waals surface area contributed by atoms with Gasteiger partial charge in [0.25, 0.3) is 0 Å². The van der Waals surface area contributed by atoms with E-state index >= 15 is 0 Å². The molecule has 0 amide bonds. The molecule has 47 heavy (non-hydrogen) atoms. The number of aliphatic hydroxyl groups is 1. The van der Waals surface area contributed by atoms with Crippen molar-refractivity contribution in [3.05, 3.63) is 0 Å². The molecule has 0 radical (unpaired) electrons. The SMILES string of the molecule is CCCCCCCCCCOC(=O)C(C)(CCCCCCN(CCCO)CCCCCCCCCC)C(=O)OCCCCCCCC. The summed E-state index contributed by atoms with van der Waals surface area (Å²) in [5.74, 6) is -0.818. The fourth-order valence-electron chi connectivity index (χ4n) is 6.32. The lowest BCUT2D eigenvalue weighted by atomic mass is 9.84. The van der Waals surface area contributed by atoms with Crippen LogP contribution in [0.4, 0.5) is 0 Å². The Labute approximate surface area is 292 Å². The first-order valence-electron chi connectivity index (χ1n) is 20.6. The zero-order valence-corrected chi connectivity index (χ0v) is 32.1. The highest BCUT2D eigenvalue weighted by Gasteiger charge is 2.43. The minimum Gasteiger partial charge on any atom is -0.465 e. The quantitative estimate of drug-likeness (QED) is 0.0404. The monoisotopic (exact) mass is 668 g/mol. The van der Waals surface area contributed by atoms with E-state index in [1.165, 1.54) is 116 Å². The van der Waals surface area contributed by atoms with Crippen molar-refractivity contribution in [1.29, 1.82) is 0 Å². The maximum atomic E-state index is 13.3. The van der Waals surface area contributed by atoms with Gasteiger partial charge in [-0.3, -0.25) is 9.59 Å². The van der Waals surface area contributed by atoms with E-state index in [1.807, 2.05) is 0 Å². The van der Waals surface area contributed by atoms with Crippen molar-refractivity contribution < 1.29 is 24.2 Å². The average Bonchev–Trinajstić information content (AvgIpc) is 3.07. The third-order valence-corrected chi connectivity index (χ3v) is 9.72. The van der Waals surface area contributed by atoms with Crippen LogP contribution in [-0.2, 0) is 19.1 Å². The number of hydrogen-bond donors (Lipinski definition) is 1. The van der Waals surface area contributed by atoms with Crippen molar-refractivity contribution in [1.82, 2.24) is 4.90 Å². The Hall–Kier alpha value is -1.14. The molecular formula is C41H81NO5. The van der Waals surface area contributed by atoms with E-state index in [-0.39, 0.29) is 6.61 Å². The Morgan fingerprint density at radius 2 is 0.787 bits per heavy atom. The van der Waals surface area contributed by atoms with Crippen molar-refractivity contribution in [2.75, 3.05) is 39.5 Å². The average molecular weight is 668 g/mol. The second-order valence-corrected chi connectivity index (χ2v) is 14.4. The first kappa shape index (κ1) is 45.9. The lowest BCUT2D eigenvalue weighted by Crippen LogP contribution is -2.39. The van der Waals surface area contributed by atoms with E-state index in [2.05, 4.69) is 25.7 Å². The van der Waals surface area contributed by atoms with Crippen LogP contribution in [0.3, 0.4) is 0 Å². The molecule has 0 saturated heterocycles. The van der Waals surface area contributed by atoms with E-state index < -0.39 is 17.4 Å². The zero-order valence-electron chi connectivity index (χ0n) is 32.1. The molecule has 0 bridgehead atoms. The molecule has 6 heteroatoms. The minimum atomic E-state index is -1.23. The van der Waals surface area contributed by atoms with Gasteiger partial charge < -0.3 is 19.5 Å². The summed E-state index contributed by atoms with van der Waals surface area (Å²) in [6.07, 6.45) is 32.2. The van der Waals surface area contributed by atoms with Crippen molar-refractivity contribution >= 4 is 11.9 Å². The Morgan fingerprint density at radius 1 is 0.468 bits per heavy atom. The molecule has 0 aromatic heterocycles. The zero-order chi connectivity index (χ0) is 34.7. The fraction of sp³-hybridized carbons (Fsp3) is 0.951. The molecular weight excluding hydrogens is 586 g/mol.